The molecule has 20 heteroatoms. The molecule has 0 bridgehead atoms. The average molecular weight is 686 g/mol. The minimum Gasteiger partial charge on any atom is -0.477 e. The Morgan fingerprint density at radius 2 is 2.16 bits per heavy atom. The van der Waals surface area contributed by atoms with Crippen LogP contribution in [0.25, 0.3) is 0 Å². The maximum atomic E-state index is 13.2. The van der Waals surface area contributed by atoms with Gasteiger partial charge in [-0.2, -0.15) is 11.8 Å². The number of carboxylic acids is 1. The van der Waals surface area contributed by atoms with Crippen LogP contribution in [0.3, 0.4) is 0 Å². The SMILES string of the molecule is NC(N)=NC(CO)CSCc1cnccc1SC1=C(C(=O)O)N2C(=O)[C@@H](NC(=O)/C(=N\OCCF)c3csc(N)n3)[C@@H]2SC1. The number of anilines is 1. The lowest BCUT2D eigenvalue weighted by Gasteiger charge is -2.49. The van der Waals surface area contributed by atoms with E-state index < -0.39 is 48.5 Å². The molecule has 1 saturated heterocycles. The highest BCUT2D eigenvalue weighted by Crippen LogP contribution is 2.46. The van der Waals surface area contributed by atoms with E-state index in [-0.39, 0.29) is 40.6 Å². The number of guanidine groups is 1. The Morgan fingerprint density at radius 1 is 1.36 bits per heavy atom. The van der Waals surface area contributed by atoms with Crippen molar-refractivity contribution in [1.82, 2.24) is 20.2 Å². The zero-order valence-electron chi connectivity index (χ0n) is 22.8. The number of alkyl halides is 1. The maximum absolute atomic E-state index is 13.2. The van der Waals surface area contributed by atoms with Gasteiger partial charge < -0.3 is 37.6 Å². The average Bonchev–Trinajstić information content (AvgIpc) is 3.43. The number of aliphatic imine (C=N–C) groups is 1. The van der Waals surface area contributed by atoms with E-state index in [0.717, 1.165) is 26.7 Å². The minimum atomic E-state index is -1.29. The number of thioether (sulfide) groups is 3. The van der Waals surface area contributed by atoms with E-state index >= 15 is 0 Å². The van der Waals surface area contributed by atoms with Crippen molar-refractivity contribution in [3.8, 4) is 0 Å². The molecule has 1 unspecified atom stereocenters. The predicted octanol–water partition coefficient (Wildman–Crippen LogP) is 0.166. The van der Waals surface area contributed by atoms with Crippen LogP contribution in [-0.4, -0.2) is 103 Å². The smallest absolute Gasteiger partial charge is 0.353 e. The van der Waals surface area contributed by atoms with Crippen molar-refractivity contribution in [2.75, 3.05) is 37.1 Å². The molecule has 2 amide bonds. The number of oxime groups is 1. The van der Waals surface area contributed by atoms with Gasteiger partial charge in [-0.1, -0.05) is 16.9 Å². The number of aliphatic hydroxyl groups is 1. The molecule has 0 aliphatic carbocycles. The van der Waals surface area contributed by atoms with Crippen LogP contribution in [0.2, 0.25) is 0 Å². The number of thiazole rings is 1. The molecule has 2 aromatic rings. The van der Waals surface area contributed by atoms with Crippen LogP contribution in [0.15, 0.2) is 49.5 Å². The highest BCUT2D eigenvalue weighted by atomic mass is 32.2. The van der Waals surface area contributed by atoms with Gasteiger partial charge in [-0.3, -0.25) is 19.5 Å². The first-order chi connectivity index (χ1) is 21.1. The van der Waals surface area contributed by atoms with E-state index in [1.54, 1.807) is 18.5 Å². The zero-order chi connectivity index (χ0) is 31.8. The first-order valence-corrected chi connectivity index (χ1v) is 16.6. The summed E-state index contributed by atoms with van der Waals surface area (Å²) in [6, 6.07) is 0.232. The number of carbonyl (C=O) groups excluding carboxylic acids is 2. The molecule has 2 aliphatic heterocycles. The van der Waals surface area contributed by atoms with Gasteiger partial charge in [0, 0.05) is 44.8 Å². The monoisotopic (exact) mass is 685 g/mol. The molecule has 15 nitrogen and oxygen atoms in total. The summed E-state index contributed by atoms with van der Waals surface area (Å²) < 4.78 is 12.5. The number of pyridine rings is 1. The highest BCUT2D eigenvalue weighted by Gasteiger charge is 2.54. The van der Waals surface area contributed by atoms with Gasteiger partial charge in [-0.25, -0.2) is 19.2 Å². The third-order valence-corrected chi connectivity index (χ3v) is 10.4. The zero-order valence-corrected chi connectivity index (χ0v) is 26.1. The Morgan fingerprint density at radius 3 is 2.82 bits per heavy atom. The summed E-state index contributed by atoms with van der Waals surface area (Å²) in [5.74, 6) is -1.66. The molecule has 2 aromatic heterocycles. The van der Waals surface area contributed by atoms with Crippen molar-refractivity contribution in [3.63, 3.8) is 0 Å². The van der Waals surface area contributed by atoms with Crippen LogP contribution in [0.5, 0.6) is 0 Å². The quantitative estimate of drug-likeness (QED) is 0.0481. The summed E-state index contributed by atoms with van der Waals surface area (Å²) in [5.41, 5.74) is 16.9. The summed E-state index contributed by atoms with van der Waals surface area (Å²) in [4.78, 5) is 58.0. The summed E-state index contributed by atoms with van der Waals surface area (Å²) in [6.07, 6.45) is 3.25. The number of amides is 2. The van der Waals surface area contributed by atoms with Gasteiger partial charge in [0.1, 0.15) is 36.1 Å². The largest absolute Gasteiger partial charge is 0.477 e. The number of carbonyl (C=O) groups is 3. The van der Waals surface area contributed by atoms with Gasteiger partial charge >= 0.3 is 5.97 Å². The fourth-order valence-corrected chi connectivity index (χ4v) is 8.25. The Labute approximate surface area is 267 Å². The maximum Gasteiger partial charge on any atom is 0.353 e. The van der Waals surface area contributed by atoms with Crippen molar-refractivity contribution >= 4 is 81.2 Å². The van der Waals surface area contributed by atoms with Crippen molar-refractivity contribution in [2.24, 2.45) is 21.6 Å². The number of hydrogen-bond acceptors (Lipinski definition) is 14. The minimum absolute atomic E-state index is 0.0861. The molecule has 236 valence electrons. The van der Waals surface area contributed by atoms with Crippen LogP contribution in [-0.2, 0) is 25.0 Å². The molecule has 44 heavy (non-hydrogen) atoms. The molecule has 1 fully saturated rings. The summed E-state index contributed by atoms with van der Waals surface area (Å²) in [7, 11) is 0. The second kappa shape index (κ2) is 15.4. The lowest BCUT2D eigenvalue weighted by atomic mass is 10.0. The van der Waals surface area contributed by atoms with Crippen molar-refractivity contribution in [3.05, 3.63) is 45.7 Å². The van der Waals surface area contributed by atoms with Crippen LogP contribution in [0.4, 0.5) is 9.52 Å². The number of nitrogens with two attached hydrogens (primary N) is 3. The molecular formula is C24H28FN9O6S4. The number of fused-ring (bicyclic) bond motifs is 1. The third-order valence-electron chi connectivity index (χ3n) is 5.93. The van der Waals surface area contributed by atoms with E-state index in [9.17, 15) is 29.0 Å². The number of nitrogens with one attached hydrogen (secondary N) is 1. The van der Waals surface area contributed by atoms with Crippen LogP contribution >= 0.6 is 46.6 Å². The summed E-state index contributed by atoms with van der Waals surface area (Å²) in [6.45, 7) is -1.45. The van der Waals surface area contributed by atoms with Crippen LogP contribution in [0.1, 0.15) is 11.3 Å². The highest BCUT2D eigenvalue weighted by molar-refractivity contribution is 8.06. The Kier molecular flexibility index (Phi) is 11.7. The van der Waals surface area contributed by atoms with E-state index in [0.29, 0.717) is 16.4 Å². The number of β-lactam (4-membered cyclic amide) rings is 1. The summed E-state index contributed by atoms with van der Waals surface area (Å²) in [5, 5.41) is 26.8. The topological polar surface area (TPSA) is 245 Å². The molecule has 0 saturated carbocycles. The normalized spacial score (nSPS) is 18.7. The fraction of sp³-hybridized carbons (Fsp3) is 0.375. The second-order valence-electron chi connectivity index (χ2n) is 8.96. The van der Waals surface area contributed by atoms with E-state index in [2.05, 4.69) is 25.4 Å². The first kappa shape index (κ1) is 33.3. The lowest BCUT2D eigenvalue weighted by Crippen LogP contribution is -2.71. The van der Waals surface area contributed by atoms with Gasteiger partial charge in [0.2, 0.25) is 0 Å². The van der Waals surface area contributed by atoms with Gasteiger partial charge in [0.15, 0.2) is 16.8 Å². The Hall–Kier alpha value is -3.59. The number of aliphatic carboxylic acids is 1. The predicted molar refractivity (Wildman–Crippen MR) is 168 cm³/mol. The molecule has 4 rings (SSSR count). The Bertz CT molecular complexity index is 1490. The van der Waals surface area contributed by atoms with E-state index in [1.807, 2.05) is 0 Å². The molecule has 4 heterocycles. The van der Waals surface area contributed by atoms with Crippen molar-refractivity contribution < 1.29 is 33.8 Å². The second-order valence-corrected chi connectivity index (χ2v) is 13.1. The van der Waals surface area contributed by atoms with Crippen molar-refractivity contribution in [2.45, 2.75) is 28.1 Å². The first-order valence-electron chi connectivity index (χ1n) is 12.7. The molecule has 0 radical (unpaired) electrons. The van der Waals surface area contributed by atoms with Crippen molar-refractivity contribution in [1.29, 1.82) is 0 Å². The summed E-state index contributed by atoms with van der Waals surface area (Å²) >= 11 is 5.03. The van der Waals surface area contributed by atoms with Crippen LogP contribution in [0, 0.1) is 0 Å². The van der Waals surface area contributed by atoms with E-state index in [4.69, 9.17) is 22.0 Å². The van der Waals surface area contributed by atoms with Gasteiger partial charge in [-0.15, -0.1) is 23.1 Å². The number of carboxylic acid groups (broad SMARTS) is 1. The number of nitrogens with zero attached hydrogens (tertiary/aromatic N) is 5. The number of aliphatic hydroxyl groups excluding tert-OH is 1. The number of halogens is 1. The van der Waals surface area contributed by atoms with Gasteiger partial charge in [0.05, 0.1) is 12.6 Å². The fourth-order valence-electron chi connectivity index (χ4n) is 4.03. The molecule has 9 N–H and O–H groups in total. The molecule has 0 aromatic carbocycles. The lowest BCUT2D eigenvalue weighted by molar-refractivity contribution is -0.150. The standard InChI is InChI=1S/C24H28FN9O6S4/c25-2-4-40-33-16(13-9-43-24(28)31-13)19(36)32-17-20(37)34-18(22(38)39)15(10-42-21(17)34)44-14-1-3-29-5-11(14)7-41-8-12(6-35)30-23(26)27/h1,3,5,9,12,17,21,35H,2,4,6-8,10H2,(H2,28,31)(H,32,36)(H,38,39)(H4,26,27,30)/b33-16-/t12?,17-,21+/m1/s1. The molecule has 0 spiro atoms. The number of rotatable bonds is 15. The van der Waals surface area contributed by atoms with Gasteiger partial charge in [0.25, 0.3) is 11.8 Å². The van der Waals surface area contributed by atoms with Crippen LogP contribution < -0.4 is 22.5 Å². The van der Waals surface area contributed by atoms with Gasteiger partial charge in [-0.05, 0) is 11.6 Å². The third kappa shape index (κ3) is 7.92. The molecule has 3 atom stereocenters. The number of nitrogen functional groups attached to an aromatic ring is 1. The molecular weight excluding hydrogens is 658 g/mol. The Balaban J connectivity index is 1.48. The number of aromatic nitrogens is 2. The molecule has 2 aliphatic rings. The van der Waals surface area contributed by atoms with E-state index in [1.165, 1.54) is 40.7 Å². The number of hydrogen-bond donors (Lipinski definition) is 6.